The standard InChI is InChI=1S/C12H13N5O2/c1-7-10-9(3-4-16(5-6-18)11(10)19)17-12(13-7)14-8(2)15-17/h3-4,18H,5-6H2,1-2H3. The van der Waals surface area contributed by atoms with Crippen molar-refractivity contribution in [1.29, 1.82) is 0 Å². The van der Waals surface area contributed by atoms with E-state index < -0.39 is 0 Å². The Hall–Kier alpha value is -2.28. The quantitative estimate of drug-likeness (QED) is 0.702. The van der Waals surface area contributed by atoms with Crippen LogP contribution in [-0.4, -0.2) is 35.9 Å². The van der Waals surface area contributed by atoms with Crippen LogP contribution >= 0.6 is 0 Å². The number of aliphatic hydroxyl groups is 1. The van der Waals surface area contributed by atoms with Crippen molar-refractivity contribution in [2.24, 2.45) is 0 Å². The van der Waals surface area contributed by atoms with Crippen molar-refractivity contribution < 1.29 is 5.11 Å². The molecule has 0 atom stereocenters. The lowest BCUT2D eigenvalue weighted by Gasteiger charge is -2.07. The molecule has 3 rings (SSSR count). The molecule has 19 heavy (non-hydrogen) atoms. The van der Waals surface area contributed by atoms with E-state index in [9.17, 15) is 4.79 Å². The van der Waals surface area contributed by atoms with Crippen molar-refractivity contribution in [3.05, 3.63) is 34.1 Å². The molecule has 3 heterocycles. The van der Waals surface area contributed by atoms with Gasteiger partial charge in [-0.25, -0.2) is 4.98 Å². The minimum Gasteiger partial charge on any atom is -0.395 e. The fourth-order valence-electron chi connectivity index (χ4n) is 2.21. The Morgan fingerprint density at radius 3 is 2.84 bits per heavy atom. The minimum atomic E-state index is -0.174. The van der Waals surface area contributed by atoms with Gasteiger partial charge in [0, 0.05) is 12.7 Å². The topological polar surface area (TPSA) is 85.3 Å². The smallest absolute Gasteiger partial charge is 0.261 e. The Kier molecular flexibility index (Phi) is 2.56. The number of nitrogens with zero attached hydrogens (tertiary/aromatic N) is 5. The van der Waals surface area contributed by atoms with E-state index in [-0.39, 0.29) is 18.7 Å². The Labute approximate surface area is 108 Å². The van der Waals surface area contributed by atoms with Gasteiger partial charge in [-0.2, -0.15) is 9.50 Å². The highest BCUT2D eigenvalue weighted by Gasteiger charge is 2.12. The summed E-state index contributed by atoms with van der Waals surface area (Å²) in [6.45, 7) is 3.74. The number of rotatable bonds is 2. The molecule has 3 aromatic heterocycles. The number of pyridine rings is 1. The summed E-state index contributed by atoms with van der Waals surface area (Å²) in [5.74, 6) is 1.10. The first-order valence-corrected chi connectivity index (χ1v) is 5.96. The van der Waals surface area contributed by atoms with E-state index >= 15 is 0 Å². The van der Waals surface area contributed by atoms with Crippen LogP contribution in [0.25, 0.3) is 16.7 Å². The third-order valence-corrected chi connectivity index (χ3v) is 3.04. The molecule has 7 nitrogen and oxygen atoms in total. The van der Waals surface area contributed by atoms with Gasteiger partial charge >= 0.3 is 0 Å². The highest BCUT2D eigenvalue weighted by molar-refractivity contribution is 5.81. The molecule has 0 aromatic carbocycles. The second-order valence-electron chi connectivity index (χ2n) is 4.37. The van der Waals surface area contributed by atoms with Crippen LogP contribution in [0.2, 0.25) is 0 Å². The molecule has 0 aliphatic rings. The molecule has 0 spiro atoms. The van der Waals surface area contributed by atoms with Crippen LogP contribution in [0.15, 0.2) is 17.1 Å². The van der Waals surface area contributed by atoms with Crippen LogP contribution in [0.4, 0.5) is 0 Å². The van der Waals surface area contributed by atoms with Gasteiger partial charge in [0.05, 0.1) is 23.2 Å². The molecule has 0 aliphatic heterocycles. The van der Waals surface area contributed by atoms with Crippen LogP contribution in [0.3, 0.4) is 0 Å². The fourth-order valence-corrected chi connectivity index (χ4v) is 2.21. The van der Waals surface area contributed by atoms with Gasteiger partial charge in [0.25, 0.3) is 11.3 Å². The first kappa shape index (κ1) is 11.8. The summed E-state index contributed by atoms with van der Waals surface area (Å²) in [5.41, 5.74) is 1.13. The second-order valence-corrected chi connectivity index (χ2v) is 4.37. The van der Waals surface area contributed by atoms with Crippen molar-refractivity contribution >= 4 is 16.7 Å². The predicted octanol–water partition coefficient (Wildman–Crippen LogP) is 0.0483. The lowest BCUT2D eigenvalue weighted by Crippen LogP contribution is -2.22. The third-order valence-electron chi connectivity index (χ3n) is 3.04. The molecule has 0 amide bonds. The van der Waals surface area contributed by atoms with Gasteiger partial charge in [0.15, 0.2) is 0 Å². The van der Waals surface area contributed by atoms with Crippen molar-refractivity contribution in [2.75, 3.05) is 6.61 Å². The highest BCUT2D eigenvalue weighted by atomic mass is 16.3. The van der Waals surface area contributed by atoms with Gasteiger partial charge in [0.1, 0.15) is 5.82 Å². The summed E-state index contributed by atoms with van der Waals surface area (Å²) >= 11 is 0. The predicted molar refractivity (Wildman–Crippen MR) is 69.1 cm³/mol. The van der Waals surface area contributed by atoms with Gasteiger partial charge in [-0.1, -0.05) is 0 Å². The molecule has 0 saturated carbocycles. The Morgan fingerprint density at radius 2 is 2.11 bits per heavy atom. The van der Waals surface area contributed by atoms with Crippen LogP contribution in [0.1, 0.15) is 11.5 Å². The lowest BCUT2D eigenvalue weighted by atomic mass is 10.2. The zero-order valence-corrected chi connectivity index (χ0v) is 10.7. The van der Waals surface area contributed by atoms with Gasteiger partial charge in [-0.3, -0.25) is 4.79 Å². The number of hydrogen-bond acceptors (Lipinski definition) is 5. The van der Waals surface area contributed by atoms with Gasteiger partial charge in [0.2, 0.25) is 0 Å². The maximum atomic E-state index is 12.3. The van der Waals surface area contributed by atoms with Gasteiger partial charge in [-0.05, 0) is 19.9 Å². The van der Waals surface area contributed by atoms with E-state index in [1.807, 2.05) is 0 Å². The Morgan fingerprint density at radius 1 is 1.32 bits per heavy atom. The minimum absolute atomic E-state index is 0.0808. The molecule has 0 unspecified atom stereocenters. The molecule has 0 bridgehead atoms. The number of aromatic nitrogens is 5. The van der Waals surface area contributed by atoms with E-state index in [2.05, 4.69) is 15.1 Å². The molecular weight excluding hydrogens is 246 g/mol. The van der Waals surface area contributed by atoms with E-state index in [1.54, 1.807) is 30.6 Å². The molecule has 0 radical (unpaired) electrons. The van der Waals surface area contributed by atoms with E-state index in [0.29, 0.717) is 28.2 Å². The van der Waals surface area contributed by atoms with E-state index in [4.69, 9.17) is 5.11 Å². The van der Waals surface area contributed by atoms with E-state index in [0.717, 1.165) is 0 Å². The number of aliphatic hydroxyl groups excluding tert-OH is 1. The largest absolute Gasteiger partial charge is 0.395 e. The normalized spacial score (nSPS) is 11.5. The van der Waals surface area contributed by atoms with Crippen LogP contribution < -0.4 is 5.56 Å². The van der Waals surface area contributed by atoms with Gasteiger partial charge < -0.3 is 9.67 Å². The second kappa shape index (κ2) is 4.13. The number of fused-ring (bicyclic) bond motifs is 3. The Balaban J connectivity index is 2.47. The monoisotopic (exact) mass is 259 g/mol. The summed E-state index contributed by atoms with van der Waals surface area (Å²) < 4.78 is 3.04. The number of aryl methyl sites for hydroxylation is 2. The summed E-state index contributed by atoms with van der Waals surface area (Å²) in [7, 11) is 0. The molecule has 0 fully saturated rings. The van der Waals surface area contributed by atoms with Crippen molar-refractivity contribution in [3.8, 4) is 0 Å². The molecule has 0 aliphatic carbocycles. The zero-order chi connectivity index (χ0) is 13.6. The highest BCUT2D eigenvalue weighted by Crippen LogP contribution is 2.14. The van der Waals surface area contributed by atoms with Crippen LogP contribution in [-0.2, 0) is 6.54 Å². The summed E-state index contributed by atoms with van der Waals surface area (Å²) in [4.78, 5) is 20.8. The number of hydrogen-bond donors (Lipinski definition) is 1. The van der Waals surface area contributed by atoms with Crippen LogP contribution in [0, 0.1) is 13.8 Å². The van der Waals surface area contributed by atoms with Crippen molar-refractivity contribution in [2.45, 2.75) is 20.4 Å². The molecular formula is C12H13N5O2. The first-order valence-electron chi connectivity index (χ1n) is 5.96. The van der Waals surface area contributed by atoms with E-state index in [1.165, 1.54) is 4.57 Å². The summed E-state index contributed by atoms with van der Waals surface area (Å²) in [5, 5.41) is 13.7. The summed E-state index contributed by atoms with van der Waals surface area (Å²) in [6.07, 6.45) is 1.65. The van der Waals surface area contributed by atoms with Crippen molar-refractivity contribution in [1.82, 2.24) is 24.1 Å². The maximum Gasteiger partial charge on any atom is 0.261 e. The fraction of sp³-hybridized carbons (Fsp3) is 0.333. The van der Waals surface area contributed by atoms with Crippen molar-refractivity contribution in [3.63, 3.8) is 0 Å². The van der Waals surface area contributed by atoms with Gasteiger partial charge in [-0.15, -0.1) is 5.10 Å². The average molecular weight is 259 g/mol. The first-order chi connectivity index (χ1) is 9.11. The maximum absolute atomic E-state index is 12.3. The lowest BCUT2D eigenvalue weighted by molar-refractivity contribution is 0.274. The molecule has 3 aromatic rings. The molecule has 98 valence electrons. The third kappa shape index (κ3) is 1.70. The summed E-state index contributed by atoms with van der Waals surface area (Å²) in [6, 6.07) is 1.79. The molecule has 0 saturated heterocycles. The average Bonchev–Trinajstić information content (AvgIpc) is 2.73. The SMILES string of the molecule is Cc1nc2nc(C)c3c(=O)n(CCO)ccc3n2n1. The zero-order valence-electron chi connectivity index (χ0n) is 10.7. The van der Waals surface area contributed by atoms with Crippen LogP contribution in [0.5, 0.6) is 0 Å². The molecule has 7 heteroatoms. The Bertz CT molecular complexity index is 833. The molecule has 1 N–H and O–H groups in total.